The minimum absolute atomic E-state index is 0.165. The third-order valence-electron chi connectivity index (χ3n) is 6.21. The Labute approximate surface area is 184 Å². The molecule has 2 saturated heterocycles. The first-order valence-corrected chi connectivity index (χ1v) is 11.8. The van der Waals surface area contributed by atoms with Crippen LogP contribution in [0.3, 0.4) is 0 Å². The summed E-state index contributed by atoms with van der Waals surface area (Å²) in [4.78, 5) is 14.6. The first-order chi connectivity index (χ1) is 15.1. The zero-order valence-corrected chi connectivity index (χ0v) is 18.1. The molecule has 2 aliphatic rings. The lowest BCUT2D eigenvalue weighted by Crippen LogP contribution is -2.51. The SMILES string of the molecule is COc1cccc(S(=O)(=O)C2CC3CCC(C2)N3C(=O)Nc2ccccc2C(F)(F)F)c1. The van der Waals surface area contributed by atoms with Gasteiger partial charge in [0.25, 0.3) is 0 Å². The van der Waals surface area contributed by atoms with Gasteiger partial charge < -0.3 is 15.0 Å². The van der Waals surface area contributed by atoms with Gasteiger partial charge in [0.1, 0.15) is 5.75 Å². The molecule has 1 N–H and O–H groups in total. The van der Waals surface area contributed by atoms with E-state index in [4.69, 9.17) is 4.74 Å². The molecule has 0 radical (unpaired) electrons. The molecule has 4 rings (SSSR count). The van der Waals surface area contributed by atoms with Crippen LogP contribution in [0, 0.1) is 0 Å². The fourth-order valence-electron chi connectivity index (χ4n) is 4.70. The van der Waals surface area contributed by atoms with Gasteiger partial charge in [-0.1, -0.05) is 18.2 Å². The molecule has 0 saturated carbocycles. The number of amides is 2. The van der Waals surface area contributed by atoms with Crippen LogP contribution < -0.4 is 10.1 Å². The van der Waals surface area contributed by atoms with Crippen molar-refractivity contribution >= 4 is 21.6 Å². The van der Waals surface area contributed by atoms with E-state index in [2.05, 4.69) is 5.32 Å². The number of carbonyl (C=O) groups is 1. The van der Waals surface area contributed by atoms with E-state index >= 15 is 0 Å². The number of benzene rings is 2. The van der Waals surface area contributed by atoms with Crippen molar-refractivity contribution in [3.05, 3.63) is 54.1 Å². The van der Waals surface area contributed by atoms with Crippen LogP contribution in [0.1, 0.15) is 31.2 Å². The zero-order valence-electron chi connectivity index (χ0n) is 17.3. The van der Waals surface area contributed by atoms with E-state index in [0.29, 0.717) is 18.6 Å². The first-order valence-electron chi connectivity index (χ1n) is 10.2. The Morgan fingerprint density at radius 1 is 1.06 bits per heavy atom. The predicted molar refractivity (Wildman–Crippen MR) is 112 cm³/mol. The molecular weight excluding hydrogens is 445 g/mol. The smallest absolute Gasteiger partial charge is 0.418 e. The van der Waals surface area contributed by atoms with Crippen molar-refractivity contribution < 1.29 is 31.1 Å². The van der Waals surface area contributed by atoms with Crippen molar-refractivity contribution in [2.24, 2.45) is 0 Å². The number of anilines is 1. The van der Waals surface area contributed by atoms with Gasteiger partial charge in [-0.05, 0) is 56.0 Å². The molecule has 10 heteroatoms. The Hall–Kier alpha value is -2.75. The van der Waals surface area contributed by atoms with E-state index in [0.717, 1.165) is 6.07 Å². The molecular formula is C22H23F3N2O4S. The highest BCUT2D eigenvalue weighted by molar-refractivity contribution is 7.92. The van der Waals surface area contributed by atoms with E-state index < -0.39 is 32.9 Å². The van der Waals surface area contributed by atoms with Crippen molar-refractivity contribution in [1.82, 2.24) is 4.90 Å². The molecule has 2 bridgehead atoms. The number of methoxy groups -OCH3 is 1. The van der Waals surface area contributed by atoms with Gasteiger partial charge in [0, 0.05) is 12.1 Å². The average Bonchev–Trinajstić information content (AvgIpc) is 3.02. The molecule has 2 unspecified atom stereocenters. The number of piperidine rings is 1. The Morgan fingerprint density at radius 3 is 2.34 bits per heavy atom. The number of nitrogens with zero attached hydrogens (tertiary/aromatic N) is 1. The normalized spacial score (nSPS) is 23.1. The maximum Gasteiger partial charge on any atom is 0.418 e. The Balaban J connectivity index is 1.52. The molecule has 2 heterocycles. The number of hydrogen-bond donors (Lipinski definition) is 1. The molecule has 2 amide bonds. The molecule has 0 spiro atoms. The van der Waals surface area contributed by atoms with Crippen LogP contribution in [-0.2, 0) is 16.0 Å². The van der Waals surface area contributed by atoms with Crippen molar-refractivity contribution in [2.45, 2.75) is 54.1 Å². The molecule has 0 aliphatic carbocycles. The quantitative estimate of drug-likeness (QED) is 0.705. The van der Waals surface area contributed by atoms with Crippen LogP contribution >= 0.6 is 0 Å². The first kappa shape index (κ1) is 22.4. The number of halogens is 3. The summed E-state index contributed by atoms with van der Waals surface area (Å²) in [6, 6.07) is 9.75. The van der Waals surface area contributed by atoms with Crippen LogP contribution in [-0.4, -0.2) is 43.8 Å². The predicted octanol–water partition coefficient (Wildman–Crippen LogP) is 4.72. The molecule has 2 aromatic carbocycles. The van der Waals surface area contributed by atoms with Crippen LogP contribution in [0.25, 0.3) is 0 Å². The molecule has 32 heavy (non-hydrogen) atoms. The maximum atomic E-state index is 13.3. The van der Waals surface area contributed by atoms with E-state index in [9.17, 15) is 26.4 Å². The molecule has 2 aromatic rings. The second kappa shape index (κ2) is 8.31. The fourth-order valence-corrected chi connectivity index (χ4v) is 6.59. The minimum Gasteiger partial charge on any atom is -0.497 e. The summed E-state index contributed by atoms with van der Waals surface area (Å²) in [6.07, 6.45) is -2.89. The summed E-state index contributed by atoms with van der Waals surface area (Å²) in [5.41, 5.74) is -1.23. The number of carbonyl (C=O) groups excluding carboxylic acids is 1. The Bertz CT molecular complexity index is 1110. The summed E-state index contributed by atoms with van der Waals surface area (Å²) >= 11 is 0. The van der Waals surface area contributed by atoms with E-state index in [1.807, 2.05) is 0 Å². The van der Waals surface area contributed by atoms with Crippen LogP contribution in [0.15, 0.2) is 53.4 Å². The van der Waals surface area contributed by atoms with Gasteiger partial charge in [-0.25, -0.2) is 13.2 Å². The van der Waals surface area contributed by atoms with E-state index in [1.54, 1.807) is 12.1 Å². The summed E-state index contributed by atoms with van der Waals surface area (Å²) in [5, 5.41) is 1.72. The minimum atomic E-state index is -4.60. The zero-order chi connectivity index (χ0) is 23.1. The molecule has 2 fully saturated rings. The van der Waals surface area contributed by atoms with E-state index in [1.165, 1.54) is 42.3 Å². The van der Waals surface area contributed by atoms with Crippen LogP contribution in [0.4, 0.5) is 23.7 Å². The second-order valence-corrected chi connectivity index (χ2v) is 10.3. The highest BCUT2D eigenvalue weighted by Gasteiger charge is 2.47. The third kappa shape index (κ3) is 4.15. The van der Waals surface area contributed by atoms with Crippen molar-refractivity contribution in [1.29, 1.82) is 0 Å². The topological polar surface area (TPSA) is 75.7 Å². The maximum absolute atomic E-state index is 13.3. The third-order valence-corrected chi connectivity index (χ3v) is 8.38. The van der Waals surface area contributed by atoms with Crippen LogP contribution in [0.2, 0.25) is 0 Å². The highest BCUT2D eigenvalue weighted by Crippen LogP contribution is 2.41. The highest BCUT2D eigenvalue weighted by atomic mass is 32.2. The second-order valence-electron chi connectivity index (χ2n) is 8.08. The Kier molecular flexibility index (Phi) is 5.83. The Morgan fingerprint density at radius 2 is 1.72 bits per heavy atom. The standard InChI is InChI=1S/C22H23F3N2O4S/c1-31-16-5-4-6-17(13-16)32(29,30)18-11-14-9-10-15(12-18)27(14)21(28)26-20-8-3-2-7-19(20)22(23,24)25/h2-8,13-15,18H,9-12H2,1H3,(H,26,28). The van der Waals surface area contributed by atoms with Crippen molar-refractivity contribution in [3.8, 4) is 5.75 Å². The lowest BCUT2D eigenvalue weighted by atomic mass is 10.0. The van der Waals surface area contributed by atoms with Gasteiger partial charge in [0.15, 0.2) is 9.84 Å². The summed E-state index contributed by atoms with van der Waals surface area (Å²) in [7, 11) is -2.18. The van der Waals surface area contributed by atoms with Gasteiger partial charge in [0.05, 0.1) is 28.5 Å². The van der Waals surface area contributed by atoms with Crippen molar-refractivity contribution in [3.63, 3.8) is 0 Å². The molecule has 6 nitrogen and oxygen atoms in total. The number of hydrogen-bond acceptors (Lipinski definition) is 4. The number of fused-ring (bicyclic) bond motifs is 2. The van der Waals surface area contributed by atoms with Gasteiger partial charge in [-0.3, -0.25) is 0 Å². The summed E-state index contributed by atoms with van der Waals surface area (Å²) in [6.45, 7) is 0. The number of ether oxygens (including phenoxy) is 1. The number of sulfone groups is 1. The number of urea groups is 1. The number of nitrogens with one attached hydrogen (secondary N) is 1. The fraction of sp³-hybridized carbons (Fsp3) is 0.409. The lowest BCUT2D eigenvalue weighted by Gasteiger charge is -2.38. The molecule has 0 aromatic heterocycles. The van der Waals surface area contributed by atoms with Gasteiger partial charge in [0.2, 0.25) is 0 Å². The molecule has 2 aliphatic heterocycles. The van der Waals surface area contributed by atoms with Crippen LogP contribution in [0.5, 0.6) is 5.75 Å². The number of para-hydroxylation sites is 1. The number of alkyl halides is 3. The summed E-state index contributed by atoms with van der Waals surface area (Å²) in [5.74, 6) is 0.439. The van der Waals surface area contributed by atoms with Gasteiger partial charge in [-0.15, -0.1) is 0 Å². The van der Waals surface area contributed by atoms with Gasteiger partial charge in [-0.2, -0.15) is 13.2 Å². The largest absolute Gasteiger partial charge is 0.497 e. The molecule has 172 valence electrons. The van der Waals surface area contributed by atoms with E-state index in [-0.39, 0.29) is 35.5 Å². The lowest BCUT2D eigenvalue weighted by molar-refractivity contribution is -0.136. The van der Waals surface area contributed by atoms with Crippen molar-refractivity contribution in [2.75, 3.05) is 12.4 Å². The summed E-state index contributed by atoms with van der Waals surface area (Å²) < 4.78 is 71.3. The monoisotopic (exact) mass is 468 g/mol. The number of rotatable bonds is 4. The van der Waals surface area contributed by atoms with Gasteiger partial charge >= 0.3 is 12.2 Å². The average molecular weight is 468 g/mol. The molecule has 2 atom stereocenters.